The highest BCUT2D eigenvalue weighted by Crippen LogP contribution is 2.26. The number of ether oxygens (including phenoxy) is 4. The maximum atomic E-state index is 5.79. The third kappa shape index (κ3) is 5.78. The van der Waals surface area contributed by atoms with E-state index in [-0.39, 0.29) is 6.29 Å². The van der Waals surface area contributed by atoms with Gasteiger partial charge in [0.05, 0.1) is 39.1 Å². The van der Waals surface area contributed by atoms with Gasteiger partial charge in [0.15, 0.2) is 6.29 Å². The number of hydrogen-bond acceptors (Lipinski definition) is 5. The summed E-state index contributed by atoms with van der Waals surface area (Å²) in [4.78, 5) is 2.53. The van der Waals surface area contributed by atoms with E-state index in [1.165, 1.54) is 25.9 Å². The van der Waals surface area contributed by atoms with Gasteiger partial charge in [0.25, 0.3) is 0 Å². The Morgan fingerprint density at radius 3 is 2.27 bits per heavy atom. The summed E-state index contributed by atoms with van der Waals surface area (Å²) in [6.07, 6.45) is 2.39. The second-order valence-corrected chi connectivity index (χ2v) is 6.64. The van der Waals surface area contributed by atoms with Crippen LogP contribution < -0.4 is 0 Å². The average Bonchev–Trinajstić information content (AvgIpc) is 2.55. The van der Waals surface area contributed by atoms with E-state index in [1.54, 1.807) is 0 Å². The molecule has 0 saturated carbocycles. The minimum Gasteiger partial charge on any atom is -0.379 e. The van der Waals surface area contributed by atoms with Crippen molar-refractivity contribution in [3.05, 3.63) is 0 Å². The molecule has 0 amide bonds. The molecule has 0 aromatic heterocycles. The smallest absolute Gasteiger partial charge is 0.180 e. The molecule has 2 aliphatic rings. The lowest BCUT2D eigenvalue weighted by Crippen LogP contribution is -2.51. The van der Waals surface area contributed by atoms with Crippen molar-refractivity contribution in [1.29, 1.82) is 0 Å². The molecule has 0 N–H and O–H groups in total. The Morgan fingerprint density at radius 1 is 1.05 bits per heavy atom. The van der Waals surface area contributed by atoms with E-state index in [2.05, 4.69) is 18.7 Å². The standard InChI is InChI=1S/C17H33NO4/c1-4-19-9-10-20-13-17-21-11-16(12-22-17)18-7-5-15(6-8-18)14(2)3/h14-17H,4-13H2,1-3H3. The first kappa shape index (κ1) is 18.1. The van der Waals surface area contributed by atoms with Crippen molar-refractivity contribution >= 4 is 0 Å². The number of hydrogen-bond donors (Lipinski definition) is 0. The maximum Gasteiger partial charge on any atom is 0.180 e. The molecule has 2 heterocycles. The van der Waals surface area contributed by atoms with Gasteiger partial charge in [-0.1, -0.05) is 13.8 Å². The van der Waals surface area contributed by atoms with Crippen molar-refractivity contribution in [3.63, 3.8) is 0 Å². The fraction of sp³-hybridized carbons (Fsp3) is 1.00. The number of rotatable bonds is 8. The summed E-state index contributed by atoms with van der Waals surface area (Å²) in [6, 6.07) is 0.410. The third-order valence-corrected chi connectivity index (χ3v) is 4.81. The minimum absolute atomic E-state index is 0.217. The fourth-order valence-corrected chi connectivity index (χ4v) is 3.23. The Bertz CT molecular complexity index is 284. The van der Waals surface area contributed by atoms with Gasteiger partial charge in [-0.15, -0.1) is 0 Å². The van der Waals surface area contributed by atoms with Crippen molar-refractivity contribution in [1.82, 2.24) is 4.90 Å². The van der Waals surface area contributed by atoms with Crippen LogP contribution in [-0.4, -0.2) is 70.0 Å². The van der Waals surface area contributed by atoms with Gasteiger partial charge in [-0.25, -0.2) is 0 Å². The predicted octanol–water partition coefficient (Wildman–Crippen LogP) is 2.15. The summed E-state index contributed by atoms with van der Waals surface area (Å²) in [6.45, 7) is 13.0. The normalized spacial score (nSPS) is 28.4. The van der Waals surface area contributed by atoms with Gasteiger partial charge in [0.1, 0.15) is 0 Å². The molecule has 0 atom stereocenters. The highest BCUT2D eigenvalue weighted by molar-refractivity contribution is 4.81. The molecule has 22 heavy (non-hydrogen) atoms. The predicted molar refractivity (Wildman–Crippen MR) is 85.9 cm³/mol. The SMILES string of the molecule is CCOCCOCC1OCC(N2CCC(C(C)C)CC2)CO1. The Balaban J connectivity index is 1.57. The van der Waals surface area contributed by atoms with E-state index >= 15 is 0 Å². The van der Waals surface area contributed by atoms with E-state index < -0.39 is 0 Å². The highest BCUT2D eigenvalue weighted by Gasteiger charge is 2.30. The molecule has 2 aliphatic heterocycles. The molecule has 2 saturated heterocycles. The number of likely N-dealkylation sites (tertiary alicyclic amines) is 1. The van der Waals surface area contributed by atoms with Crippen LogP contribution in [0.15, 0.2) is 0 Å². The summed E-state index contributed by atoms with van der Waals surface area (Å²) in [5, 5.41) is 0. The Kier molecular flexibility index (Phi) is 8.11. The van der Waals surface area contributed by atoms with Crippen molar-refractivity contribution in [2.75, 3.05) is 52.7 Å². The van der Waals surface area contributed by atoms with Crippen LogP contribution in [-0.2, 0) is 18.9 Å². The van der Waals surface area contributed by atoms with Crippen LogP contribution in [0.2, 0.25) is 0 Å². The number of piperidine rings is 1. The molecule has 0 spiro atoms. The molecule has 0 radical (unpaired) electrons. The lowest BCUT2D eigenvalue weighted by molar-refractivity contribution is -0.226. The summed E-state index contributed by atoms with van der Waals surface area (Å²) >= 11 is 0. The van der Waals surface area contributed by atoms with Crippen LogP contribution in [0.4, 0.5) is 0 Å². The largest absolute Gasteiger partial charge is 0.379 e. The lowest BCUT2D eigenvalue weighted by Gasteiger charge is -2.41. The van der Waals surface area contributed by atoms with Gasteiger partial charge < -0.3 is 18.9 Å². The first-order chi connectivity index (χ1) is 10.7. The quantitative estimate of drug-likeness (QED) is 0.642. The van der Waals surface area contributed by atoms with E-state index in [0.717, 1.165) is 31.7 Å². The molecule has 0 aromatic carbocycles. The average molecular weight is 315 g/mol. The fourth-order valence-electron chi connectivity index (χ4n) is 3.23. The van der Waals surface area contributed by atoms with Gasteiger partial charge in [0, 0.05) is 6.61 Å². The summed E-state index contributed by atoms with van der Waals surface area (Å²) < 4.78 is 22.3. The molecular formula is C17H33NO4. The molecule has 0 aromatic rings. The molecule has 0 bridgehead atoms. The van der Waals surface area contributed by atoms with Crippen LogP contribution in [0.25, 0.3) is 0 Å². The molecule has 0 aliphatic carbocycles. The van der Waals surface area contributed by atoms with E-state index in [0.29, 0.717) is 25.9 Å². The van der Waals surface area contributed by atoms with Crippen molar-refractivity contribution in [2.24, 2.45) is 11.8 Å². The summed E-state index contributed by atoms with van der Waals surface area (Å²) in [5.41, 5.74) is 0. The van der Waals surface area contributed by atoms with Crippen LogP contribution in [0, 0.1) is 11.8 Å². The van der Waals surface area contributed by atoms with Gasteiger partial charge >= 0.3 is 0 Å². The summed E-state index contributed by atoms with van der Waals surface area (Å²) in [5.74, 6) is 1.69. The van der Waals surface area contributed by atoms with Gasteiger partial charge in [-0.3, -0.25) is 4.90 Å². The third-order valence-electron chi connectivity index (χ3n) is 4.81. The topological polar surface area (TPSA) is 40.2 Å². The Labute approximate surface area is 135 Å². The number of nitrogens with zero attached hydrogens (tertiary/aromatic N) is 1. The maximum absolute atomic E-state index is 5.79. The second-order valence-electron chi connectivity index (χ2n) is 6.64. The molecule has 2 fully saturated rings. The second kappa shape index (κ2) is 9.83. The van der Waals surface area contributed by atoms with Crippen molar-refractivity contribution in [3.8, 4) is 0 Å². The van der Waals surface area contributed by atoms with E-state index in [9.17, 15) is 0 Å². The summed E-state index contributed by atoms with van der Waals surface area (Å²) in [7, 11) is 0. The monoisotopic (exact) mass is 315 g/mol. The van der Waals surface area contributed by atoms with Gasteiger partial charge in [0.2, 0.25) is 0 Å². The zero-order chi connectivity index (χ0) is 15.8. The van der Waals surface area contributed by atoms with Crippen LogP contribution in [0.1, 0.15) is 33.6 Å². The highest BCUT2D eigenvalue weighted by atomic mass is 16.7. The van der Waals surface area contributed by atoms with E-state index in [1.807, 2.05) is 6.92 Å². The first-order valence-electron chi connectivity index (χ1n) is 8.83. The van der Waals surface area contributed by atoms with Crippen LogP contribution >= 0.6 is 0 Å². The zero-order valence-electron chi connectivity index (χ0n) is 14.5. The molecule has 5 nitrogen and oxygen atoms in total. The minimum atomic E-state index is -0.217. The molecule has 0 unspecified atom stereocenters. The van der Waals surface area contributed by atoms with Gasteiger partial charge in [-0.05, 0) is 44.7 Å². The Hall–Kier alpha value is -0.200. The Morgan fingerprint density at radius 2 is 1.68 bits per heavy atom. The molecular weight excluding hydrogens is 282 g/mol. The van der Waals surface area contributed by atoms with E-state index in [4.69, 9.17) is 18.9 Å². The molecule has 2 rings (SSSR count). The van der Waals surface area contributed by atoms with Crippen LogP contribution in [0.5, 0.6) is 0 Å². The molecule has 5 heteroatoms. The van der Waals surface area contributed by atoms with Crippen LogP contribution in [0.3, 0.4) is 0 Å². The van der Waals surface area contributed by atoms with Gasteiger partial charge in [-0.2, -0.15) is 0 Å². The lowest BCUT2D eigenvalue weighted by atomic mass is 9.86. The van der Waals surface area contributed by atoms with Crippen molar-refractivity contribution < 1.29 is 18.9 Å². The van der Waals surface area contributed by atoms with Crippen molar-refractivity contribution in [2.45, 2.75) is 45.9 Å². The first-order valence-corrected chi connectivity index (χ1v) is 8.83. The zero-order valence-corrected chi connectivity index (χ0v) is 14.5. The molecule has 130 valence electrons.